The van der Waals surface area contributed by atoms with Crippen molar-refractivity contribution in [1.29, 1.82) is 0 Å². The largest absolute Gasteiger partial charge is 0.369 e. The van der Waals surface area contributed by atoms with Gasteiger partial charge in [-0.05, 0) is 48.4 Å². The average Bonchev–Trinajstić information content (AvgIpc) is 2.85. The minimum absolute atomic E-state index is 0.0223. The Balaban J connectivity index is 1.25. The zero-order chi connectivity index (χ0) is 25.5. The van der Waals surface area contributed by atoms with Crippen molar-refractivity contribution in [1.82, 2.24) is 20.6 Å². The van der Waals surface area contributed by atoms with Crippen molar-refractivity contribution in [3.05, 3.63) is 76.0 Å². The number of rotatable bonds is 11. The number of carbonyl (C=O) groups is 2. The number of pyridine rings is 2. The van der Waals surface area contributed by atoms with Crippen LogP contribution >= 0.6 is 23.2 Å². The molecule has 0 unspecified atom stereocenters. The first kappa shape index (κ1) is 25.6. The molecule has 0 aliphatic rings. The lowest BCUT2D eigenvalue weighted by Gasteiger charge is -2.12. The van der Waals surface area contributed by atoms with Crippen LogP contribution in [0.1, 0.15) is 28.8 Å². The molecule has 4 rings (SSSR count). The number of hydrogen-bond donors (Lipinski definition) is 4. The van der Waals surface area contributed by atoms with Crippen LogP contribution in [0.25, 0.3) is 21.7 Å². The van der Waals surface area contributed by atoms with Gasteiger partial charge in [0, 0.05) is 76.8 Å². The van der Waals surface area contributed by atoms with E-state index in [1.54, 1.807) is 30.6 Å². The van der Waals surface area contributed by atoms with Gasteiger partial charge in [-0.15, -0.1) is 0 Å². The van der Waals surface area contributed by atoms with Gasteiger partial charge in [0.1, 0.15) is 5.82 Å². The Morgan fingerprint density at radius 1 is 0.917 bits per heavy atom. The zero-order valence-electron chi connectivity index (χ0n) is 19.5. The summed E-state index contributed by atoms with van der Waals surface area (Å²) >= 11 is 12.0. The van der Waals surface area contributed by atoms with E-state index in [1.165, 1.54) is 0 Å². The first-order valence-corrected chi connectivity index (χ1v) is 12.3. The summed E-state index contributed by atoms with van der Waals surface area (Å²) in [7, 11) is 0. The highest BCUT2D eigenvalue weighted by Crippen LogP contribution is 2.29. The number of amides is 2. The number of nitrogens with two attached hydrogens (primary N) is 1. The molecule has 8 nitrogen and oxygen atoms in total. The van der Waals surface area contributed by atoms with E-state index < -0.39 is 5.91 Å². The summed E-state index contributed by atoms with van der Waals surface area (Å²) in [5.41, 5.74) is 7.46. The maximum atomic E-state index is 12.1. The van der Waals surface area contributed by atoms with Crippen molar-refractivity contribution in [2.45, 2.75) is 19.4 Å². The SMILES string of the molecule is NC(=O)c1ccc2c(c1)nc(NCCCNC(=O)CCNCc1cc(Cl)cc(Cl)c1)c1ccncc12. The number of halogens is 2. The van der Waals surface area contributed by atoms with Gasteiger partial charge in [0.2, 0.25) is 11.8 Å². The molecule has 0 spiro atoms. The Morgan fingerprint density at radius 2 is 1.72 bits per heavy atom. The minimum Gasteiger partial charge on any atom is -0.369 e. The van der Waals surface area contributed by atoms with Crippen LogP contribution in [0.2, 0.25) is 10.0 Å². The predicted octanol–water partition coefficient (Wildman–Crippen LogP) is 4.29. The molecule has 2 aromatic carbocycles. The van der Waals surface area contributed by atoms with Gasteiger partial charge in [0.15, 0.2) is 0 Å². The maximum absolute atomic E-state index is 12.1. The molecule has 2 heterocycles. The lowest BCUT2D eigenvalue weighted by molar-refractivity contribution is -0.121. The van der Waals surface area contributed by atoms with Crippen LogP contribution in [0.3, 0.4) is 0 Å². The molecule has 2 aromatic heterocycles. The molecule has 186 valence electrons. The monoisotopic (exact) mass is 524 g/mol. The number of benzene rings is 2. The third-order valence-corrected chi connectivity index (χ3v) is 6.07. The number of anilines is 1. The Kier molecular flexibility index (Phi) is 8.53. The van der Waals surface area contributed by atoms with E-state index >= 15 is 0 Å². The lowest BCUT2D eigenvalue weighted by atomic mass is 10.1. The number of hydrogen-bond acceptors (Lipinski definition) is 6. The highest BCUT2D eigenvalue weighted by molar-refractivity contribution is 6.34. The Labute approximate surface area is 218 Å². The van der Waals surface area contributed by atoms with E-state index in [0.717, 1.165) is 21.7 Å². The van der Waals surface area contributed by atoms with Crippen molar-refractivity contribution < 1.29 is 9.59 Å². The van der Waals surface area contributed by atoms with E-state index in [9.17, 15) is 9.59 Å². The van der Waals surface area contributed by atoms with E-state index in [0.29, 0.717) is 66.0 Å². The normalized spacial score (nSPS) is 11.1. The van der Waals surface area contributed by atoms with E-state index in [4.69, 9.17) is 33.9 Å². The summed E-state index contributed by atoms with van der Waals surface area (Å²) in [5, 5.41) is 13.4. The molecule has 0 saturated carbocycles. The van der Waals surface area contributed by atoms with Crippen molar-refractivity contribution in [3.8, 4) is 0 Å². The second-order valence-electron chi connectivity index (χ2n) is 8.31. The fourth-order valence-electron chi connectivity index (χ4n) is 3.90. The molecular weight excluding hydrogens is 499 g/mol. The fourth-order valence-corrected chi connectivity index (χ4v) is 4.47. The summed E-state index contributed by atoms with van der Waals surface area (Å²) in [6.07, 6.45) is 4.58. The van der Waals surface area contributed by atoms with Crippen molar-refractivity contribution in [2.75, 3.05) is 25.0 Å². The van der Waals surface area contributed by atoms with Crippen molar-refractivity contribution in [2.24, 2.45) is 5.73 Å². The summed E-state index contributed by atoms with van der Waals surface area (Å²) < 4.78 is 0. The highest BCUT2D eigenvalue weighted by atomic mass is 35.5. The van der Waals surface area contributed by atoms with Gasteiger partial charge in [-0.1, -0.05) is 29.3 Å². The molecule has 5 N–H and O–H groups in total. The number of fused-ring (bicyclic) bond motifs is 3. The molecular formula is C26H26Cl2N6O2. The van der Waals surface area contributed by atoms with Gasteiger partial charge in [-0.3, -0.25) is 14.6 Å². The standard InChI is InChI=1S/C26H26Cl2N6O2/c27-18-10-16(11-19(28)13-18)14-30-9-5-24(35)32-6-1-7-33-26-21-4-8-31-15-22(21)20-3-2-17(25(29)36)12-23(20)34-26/h2-4,8,10-13,15,30H,1,5-7,9,14H2,(H2,29,36)(H,32,35)(H,33,34). The molecule has 0 saturated heterocycles. The van der Waals surface area contributed by atoms with Gasteiger partial charge >= 0.3 is 0 Å². The Morgan fingerprint density at radius 3 is 2.50 bits per heavy atom. The Bertz CT molecular complexity index is 1390. The molecule has 0 fully saturated rings. The van der Waals surface area contributed by atoms with Crippen LogP contribution in [0.4, 0.5) is 5.82 Å². The Hall–Kier alpha value is -3.46. The molecule has 0 atom stereocenters. The van der Waals surface area contributed by atoms with Crippen LogP contribution in [-0.2, 0) is 11.3 Å². The van der Waals surface area contributed by atoms with Crippen LogP contribution in [-0.4, -0.2) is 41.4 Å². The number of nitrogens with zero attached hydrogens (tertiary/aromatic N) is 2. The minimum atomic E-state index is -0.501. The average molecular weight is 525 g/mol. The predicted molar refractivity (Wildman–Crippen MR) is 144 cm³/mol. The van der Waals surface area contributed by atoms with Crippen molar-refractivity contribution in [3.63, 3.8) is 0 Å². The maximum Gasteiger partial charge on any atom is 0.248 e. The van der Waals surface area contributed by atoms with E-state index in [2.05, 4.69) is 20.9 Å². The third-order valence-electron chi connectivity index (χ3n) is 5.63. The van der Waals surface area contributed by atoms with Crippen LogP contribution in [0.15, 0.2) is 54.9 Å². The summed E-state index contributed by atoms with van der Waals surface area (Å²) in [4.78, 5) is 32.7. The molecule has 10 heteroatoms. The zero-order valence-corrected chi connectivity index (χ0v) is 21.0. The van der Waals surface area contributed by atoms with E-state index in [-0.39, 0.29) is 5.91 Å². The first-order valence-electron chi connectivity index (χ1n) is 11.5. The molecule has 0 radical (unpaired) electrons. The molecule has 0 bridgehead atoms. The number of aromatic nitrogens is 2. The number of primary amides is 1. The number of carbonyl (C=O) groups excluding carboxylic acids is 2. The summed E-state index contributed by atoms with van der Waals surface area (Å²) in [6.45, 7) is 2.28. The van der Waals surface area contributed by atoms with Crippen molar-refractivity contribution >= 4 is 62.5 Å². The third kappa shape index (κ3) is 6.60. The summed E-state index contributed by atoms with van der Waals surface area (Å²) in [6, 6.07) is 12.5. The number of nitrogens with one attached hydrogen (secondary N) is 3. The van der Waals surface area contributed by atoms with Crippen LogP contribution < -0.4 is 21.7 Å². The van der Waals surface area contributed by atoms with Crippen LogP contribution in [0, 0.1) is 0 Å². The highest BCUT2D eigenvalue weighted by Gasteiger charge is 2.10. The second kappa shape index (κ2) is 12.0. The van der Waals surface area contributed by atoms with Gasteiger partial charge < -0.3 is 21.7 Å². The fraction of sp³-hybridized carbons (Fsp3) is 0.231. The lowest BCUT2D eigenvalue weighted by Crippen LogP contribution is -2.29. The van der Waals surface area contributed by atoms with Gasteiger partial charge in [0.05, 0.1) is 5.52 Å². The molecule has 36 heavy (non-hydrogen) atoms. The second-order valence-corrected chi connectivity index (χ2v) is 9.19. The van der Waals surface area contributed by atoms with Gasteiger partial charge in [-0.2, -0.15) is 0 Å². The quantitative estimate of drug-likeness (QED) is 0.171. The van der Waals surface area contributed by atoms with Crippen LogP contribution in [0.5, 0.6) is 0 Å². The summed E-state index contributed by atoms with van der Waals surface area (Å²) in [5.74, 6) is 0.170. The molecule has 4 aromatic rings. The first-order chi connectivity index (χ1) is 17.4. The molecule has 0 aliphatic heterocycles. The smallest absolute Gasteiger partial charge is 0.248 e. The topological polar surface area (TPSA) is 122 Å². The van der Waals surface area contributed by atoms with Gasteiger partial charge in [-0.25, -0.2) is 4.98 Å². The molecule has 0 aliphatic carbocycles. The van der Waals surface area contributed by atoms with E-state index in [1.807, 2.05) is 24.3 Å². The molecule has 2 amide bonds. The van der Waals surface area contributed by atoms with Gasteiger partial charge in [0.25, 0.3) is 0 Å².